The second kappa shape index (κ2) is 13.5. The highest BCUT2D eigenvalue weighted by atomic mass is 32.1. The number of aromatic hydroxyl groups is 1. The zero-order chi connectivity index (χ0) is 26.7. The lowest BCUT2D eigenvalue weighted by molar-refractivity contribution is -0.115. The Morgan fingerprint density at radius 1 is 0.974 bits per heavy atom. The minimum Gasteiger partial charge on any atom is -0.504 e. The molecule has 0 bridgehead atoms. The molecule has 4 aromatic rings. The van der Waals surface area contributed by atoms with E-state index < -0.39 is 6.23 Å². The number of nitrogens with zero attached hydrogens (tertiary/aromatic N) is 4. The van der Waals surface area contributed by atoms with Crippen LogP contribution >= 0.6 is 11.3 Å². The number of rotatable bonds is 13. The maximum absolute atomic E-state index is 12.3. The first kappa shape index (κ1) is 27.0. The van der Waals surface area contributed by atoms with Crippen molar-refractivity contribution in [2.24, 2.45) is 0 Å². The summed E-state index contributed by atoms with van der Waals surface area (Å²) in [4.78, 5) is 12.3. The van der Waals surface area contributed by atoms with Crippen LogP contribution in [0, 0.1) is 0 Å². The van der Waals surface area contributed by atoms with Gasteiger partial charge in [0.05, 0.1) is 19.2 Å². The van der Waals surface area contributed by atoms with Gasteiger partial charge in [-0.05, 0) is 54.7 Å². The molecule has 0 radical (unpaired) electrons. The molecule has 10 nitrogen and oxygen atoms in total. The van der Waals surface area contributed by atoms with E-state index in [-0.39, 0.29) is 18.1 Å². The third-order valence-electron chi connectivity index (χ3n) is 5.70. The van der Waals surface area contributed by atoms with Gasteiger partial charge in [0, 0.05) is 12.8 Å². The summed E-state index contributed by atoms with van der Waals surface area (Å²) in [6, 6.07) is 18.4. The zero-order valence-electron chi connectivity index (χ0n) is 21.0. The first-order valence-electron chi connectivity index (χ1n) is 12.3. The standard InChI is InChI=1S/C27H30N6O4S/c1-37-22-13-11-19(15-21(22)34)17-25(36)29-27-33-32-26(38-27)10-6-5-9-20-12-14-23(31-30-20)28-24(35)16-18-7-3-2-4-8-18/h2-4,7-8,11-15,24,34-35H,5-6,9-10,16-17H2,1H3,(H,28,31)(H,29,33,36). The predicted molar refractivity (Wildman–Crippen MR) is 145 cm³/mol. The largest absolute Gasteiger partial charge is 0.504 e. The van der Waals surface area contributed by atoms with Crippen molar-refractivity contribution in [2.45, 2.75) is 44.8 Å². The molecule has 0 saturated heterocycles. The van der Waals surface area contributed by atoms with Crippen LogP contribution in [0.1, 0.15) is 34.7 Å². The zero-order valence-corrected chi connectivity index (χ0v) is 21.8. The summed E-state index contributed by atoms with van der Waals surface area (Å²) in [5.74, 6) is 0.649. The average Bonchev–Trinajstić information content (AvgIpc) is 3.35. The highest BCUT2D eigenvalue weighted by Gasteiger charge is 2.11. The number of hydrogen-bond donors (Lipinski definition) is 4. The Bertz CT molecular complexity index is 1320. The van der Waals surface area contributed by atoms with Crippen LogP contribution in [-0.2, 0) is 30.5 Å². The van der Waals surface area contributed by atoms with Crippen LogP contribution in [0.3, 0.4) is 0 Å². The van der Waals surface area contributed by atoms with Crippen LogP contribution in [0.5, 0.6) is 11.5 Å². The number of phenolic OH excluding ortho intramolecular Hbond substituents is 1. The number of carbonyl (C=O) groups is 1. The summed E-state index contributed by atoms with van der Waals surface area (Å²) in [5.41, 5.74) is 2.58. The molecule has 4 N–H and O–H groups in total. The smallest absolute Gasteiger partial charge is 0.230 e. The highest BCUT2D eigenvalue weighted by Crippen LogP contribution is 2.26. The van der Waals surface area contributed by atoms with Gasteiger partial charge in [0.25, 0.3) is 0 Å². The Morgan fingerprint density at radius 3 is 2.53 bits per heavy atom. The van der Waals surface area contributed by atoms with Gasteiger partial charge < -0.3 is 25.6 Å². The van der Waals surface area contributed by atoms with Crippen molar-refractivity contribution in [3.8, 4) is 11.5 Å². The van der Waals surface area contributed by atoms with Crippen molar-refractivity contribution < 1.29 is 19.7 Å². The molecule has 1 amide bonds. The van der Waals surface area contributed by atoms with Gasteiger partial charge in [0.2, 0.25) is 11.0 Å². The number of anilines is 2. The summed E-state index contributed by atoms with van der Waals surface area (Å²) >= 11 is 1.35. The second-order valence-corrected chi connectivity index (χ2v) is 9.76. The molecular formula is C27H30N6O4S. The molecule has 2 heterocycles. The third kappa shape index (κ3) is 8.22. The third-order valence-corrected chi connectivity index (χ3v) is 6.60. The van der Waals surface area contributed by atoms with Crippen molar-refractivity contribution in [3.05, 3.63) is 82.5 Å². The number of hydrogen-bond acceptors (Lipinski definition) is 10. The van der Waals surface area contributed by atoms with E-state index in [0.717, 1.165) is 41.9 Å². The molecule has 0 aliphatic carbocycles. The van der Waals surface area contributed by atoms with Gasteiger partial charge in [0.15, 0.2) is 17.3 Å². The maximum atomic E-state index is 12.3. The van der Waals surface area contributed by atoms with Crippen molar-refractivity contribution in [3.63, 3.8) is 0 Å². The summed E-state index contributed by atoms with van der Waals surface area (Å²) in [6.07, 6.45) is 3.17. The fourth-order valence-electron chi connectivity index (χ4n) is 3.81. The van der Waals surface area contributed by atoms with E-state index in [9.17, 15) is 15.0 Å². The van der Waals surface area contributed by atoms with Gasteiger partial charge in [-0.15, -0.1) is 15.3 Å². The molecule has 0 saturated carbocycles. The molecular weight excluding hydrogens is 504 g/mol. The van der Waals surface area contributed by atoms with E-state index in [0.29, 0.717) is 28.7 Å². The van der Waals surface area contributed by atoms with E-state index in [2.05, 4.69) is 31.0 Å². The summed E-state index contributed by atoms with van der Waals surface area (Å²) in [6.45, 7) is 0. The molecule has 4 rings (SSSR count). The fraction of sp³-hybridized carbons (Fsp3) is 0.296. The highest BCUT2D eigenvalue weighted by molar-refractivity contribution is 7.15. The van der Waals surface area contributed by atoms with Crippen molar-refractivity contribution in [1.82, 2.24) is 20.4 Å². The normalized spacial score (nSPS) is 11.6. The Labute approximate surface area is 224 Å². The predicted octanol–water partition coefficient (Wildman–Crippen LogP) is 3.76. The number of nitrogens with one attached hydrogen (secondary N) is 2. The van der Waals surface area contributed by atoms with Gasteiger partial charge in [0.1, 0.15) is 11.2 Å². The van der Waals surface area contributed by atoms with Crippen LogP contribution in [0.2, 0.25) is 0 Å². The molecule has 0 fully saturated rings. The van der Waals surface area contributed by atoms with Crippen LogP contribution < -0.4 is 15.4 Å². The summed E-state index contributed by atoms with van der Waals surface area (Å²) in [7, 11) is 1.47. The SMILES string of the molecule is COc1ccc(CC(=O)Nc2nnc(CCCCc3ccc(NC(O)Cc4ccccc4)nn3)s2)cc1O. The number of aromatic nitrogens is 4. The minimum absolute atomic E-state index is 0.00720. The molecule has 2 aromatic heterocycles. The molecule has 0 aliphatic heterocycles. The Morgan fingerprint density at radius 2 is 1.79 bits per heavy atom. The Balaban J connectivity index is 1.15. The number of amides is 1. The second-order valence-electron chi connectivity index (χ2n) is 8.70. The molecule has 0 spiro atoms. The number of aryl methyl sites for hydroxylation is 2. The number of aliphatic hydroxyl groups excluding tert-OH is 1. The molecule has 1 unspecified atom stereocenters. The number of methoxy groups -OCH3 is 1. The lowest BCUT2D eigenvalue weighted by Gasteiger charge is -2.13. The number of benzene rings is 2. The monoisotopic (exact) mass is 534 g/mol. The van der Waals surface area contributed by atoms with E-state index in [1.807, 2.05) is 42.5 Å². The van der Waals surface area contributed by atoms with E-state index in [4.69, 9.17) is 4.74 Å². The number of carbonyl (C=O) groups excluding carboxylic acids is 1. The van der Waals surface area contributed by atoms with Gasteiger partial charge in [-0.25, -0.2) is 0 Å². The average molecular weight is 535 g/mol. The minimum atomic E-state index is -0.741. The maximum Gasteiger partial charge on any atom is 0.230 e. The molecule has 11 heteroatoms. The van der Waals surface area contributed by atoms with Gasteiger partial charge in [-0.1, -0.05) is 47.7 Å². The number of ether oxygens (including phenoxy) is 1. The molecule has 198 valence electrons. The lowest BCUT2D eigenvalue weighted by Crippen LogP contribution is -2.22. The fourth-order valence-corrected chi connectivity index (χ4v) is 4.61. The van der Waals surface area contributed by atoms with Crippen molar-refractivity contribution >= 4 is 28.2 Å². The van der Waals surface area contributed by atoms with Gasteiger partial charge >= 0.3 is 0 Å². The molecule has 2 aromatic carbocycles. The number of phenols is 1. The van der Waals surface area contributed by atoms with Crippen LogP contribution in [-0.4, -0.2) is 49.9 Å². The number of unbranched alkanes of at least 4 members (excludes halogenated alkanes) is 1. The van der Waals surface area contributed by atoms with E-state index >= 15 is 0 Å². The Hall–Kier alpha value is -4.09. The quantitative estimate of drug-likeness (QED) is 0.149. The molecule has 1 atom stereocenters. The van der Waals surface area contributed by atoms with Gasteiger partial charge in [-0.2, -0.15) is 5.10 Å². The van der Waals surface area contributed by atoms with Crippen LogP contribution in [0.15, 0.2) is 60.7 Å². The first-order chi connectivity index (χ1) is 18.5. The molecule has 38 heavy (non-hydrogen) atoms. The summed E-state index contributed by atoms with van der Waals surface area (Å²) < 4.78 is 5.02. The van der Waals surface area contributed by atoms with Crippen molar-refractivity contribution in [2.75, 3.05) is 17.7 Å². The van der Waals surface area contributed by atoms with Crippen LogP contribution in [0.25, 0.3) is 0 Å². The van der Waals surface area contributed by atoms with E-state index in [1.54, 1.807) is 12.1 Å². The number of aliphatic hydroxyl groups is 1. The van der Waals surface area contributed by atoms with Gasteiger partial charge in [-0.3, -0.25) is 4.79 Å². The van der Waals surface area contributed by atoms with Crippen molar-refractivity contribution in [1.29, 1.82) is 0 Å². The first-order valence-corrected chi connectivity index (χ1v) is 13.1. The topological polar surface area (TPSA) is 142 Å². The van der Waals surface area contributed by atoms with Crippen LogP contribution in [0.4, 0.5) is 10.9 Å². The lowest BCUT2D eigenvalue weighted by atomic mass is 10.1. The van der Waals surface area contributed by atoms with E-state index in [1.165, 1.54) is 24.5 Å². The Kier molecular flexibility index (Phi) is 9.54. The summed E-state index contributed by atoms with van der Waals surface area (Å²) in [5, 5.41) is 43.8. The molecule has 0 aliphatic rings.